The van der Waals surface area contributed by atoms with Crippen molar-refractivity contribution in [3.05, 3.63) is 60.0 Å². The van der Waals surface area contributed by atoms with Crippen molar-refractivity contribution in [2.24, 2.45) is 0 Å². The van der Waals surface area contributed by atoms with Crippen LogP contribution in [-0.2, 0) is 5.75 Å². The Morgan fingerprint density at radius 2 is 1.89 bits per heavy atom. The number of hydrogen-bond acceptors (Lipinski definition) is 7. The third kappa shape index (κ3) is 3.04. The highest BCUT2D eigenvalue weighted by Gasteiger charge is 2.12. The van der Waals surface area contributed by atoms with Crippen LogP contribution in [-0.4, -0.2) is 30.4 Å². The second-order valence-electron chi connectivity index (χ2n) is 6.12. The number of thioether (sulfide) groups is 1. The molecule has 0 bridgehead atoms. The molecule has 8 heteroatoms. The fourth-order valence-electron chi connectivity index (χ4n) is 2.87. The Hall–Kier alpha value is -3.26. The van der Waals surface area contributed by atoms with Crippen LogP contribution in [0.1, 0.15) is 11.5 Å². The monoisotopic (exact) mass is 374 g/mol. The van der Waals surface area contributed by atoms with Gasteiger partial charge in [-0.25, -0.2) is 4.98 Å². The van der Waals surface area contributed by atoms with Gasteiger partial charge in [-0.15, -0.1) is 20.4 Å². The molecule has 0 aliphatic rings. The Balaban J connectivity index is 1.37. The molecule has 3 aromatic heterocycles. The summed E-state index contributed by atoms with van der Waals surface area (Å²) in [6.07, 6.45) is 0. The molecule has 0 aliphatic carbocycles. The molecule has 0 radical (unpaired) electrons. The van der Waals surface area contributed by atoms with Crippen LogP contribution < -0.4 is 0 Å². The molecular weight excluding hydrogens is 360 g/mol. The maximum atomic E-state index is 5.71. The van der Waals surface area contributed by atoms with E-state index in [9.17, 15) is 0 Å². The number of nitrogens with zero attached hydrogens (tertiary/aromatic N) is 5. The van der Waals surface area contributed by atoms with Crippen molar-refractivity contribution in [3.63, 3.8) is 0 Å². The molecule has 0 atom stereocenters. The van der Waals surface area contributed by atoms with Crippen LogP contribution in [0.15, 0.2) is 58.1 Å². The van der Waals surface area contributed by atoms with Crippen LogP contribution in [0.25, 0.3) is 33.5 Å². The zero-order valence-corrected chi connectivity index (χ0v) is 15.2. The Labute approximate surface area is 158 Å². The second-order valence-corrected chi connectivity index (χ2v) is 7.06. The second kappa shape index (κ2) is 6.48. The molecule has 0 fully saturated rings. The van der Waals surface area contributed by atoms with Gasteiger partial charge in [0.15, 0.2) is 5.65 Å². The van der Waals surface area contributed by atoms with Crippen molar-refractivity contribution >= 4 is 33.8 Å². The predicted molar refractivity (Wildman–Crippen MR) is 103 cm³/mol. The maximum absolute atomic E-state index is 5.71. The van der Waals surface area contributed by atoms with Gasteiger partial charge >= 0.3 is 0 Å². The van der Waals surface area contributed by atoms with Crippen molar-refractivity contribution in [1.29, 1.82) is 0 Å². The first-order valence-electron chi connectivity index (χ1n) is 8.39. The van der Waals surface area contributed by atoms with E-state index in [1.807, 2.05) is 36.4 Å². The van der Waals surface area contributed by atoms with Crippen LogP contribution >= 0.6 is 11.8 Å². The molecule has 2 aromatic carbocycles. The van der Waals surface area contributed by atoms with Gasteiger partial charge in [-0.05, 0) is 31.2 Å². The van der Waals surface area contributed by atoms with Crippen molar-refractivity contribution < 1.29 is 4.42 Å². The summed E-state index contributed by atoms with van der Waals surface area (Å²) in [5.41, 5.74) is 4.58. The quantitative estimate of drug-likeness (QED) is 0.472. The summed E-state index contributed by atoms with van der Waals surface area (Å²) < 4.78 is 5.71. The molecule has 0 saturated carbocycles. The molecule has 0 saturated heterocycles. The van der Waals surface area contributed by atoms with E-state index in [0.29, 0.717) is 22.7 Å². The Bertz CT molecular complexity index is 1250. The minimum absolute atomic E-state index is 0.479. The molecular formula is C19H14N6OS. The lowest BCUT2D eigenvalue weighted by atomic mass is 10.2. The lowest BCUT2D eigenvalue weighted by molar-refractivity contribution is 0.528. The zero-order valence-electron chi connectivity index (χ0n) is 14.4. The van der Waals surface area contributed by atoms with Crippen LogP contribution in [0.5, 0.6) is 0 Å². The summed E-state index contributed by atoms with van der Waals surface area (Å²) in [6, 6.07) is 15.9. The number of aryl methyl sites for hydroxylation is 1. The van der Waals surface area contributed by atoms with Gasteiger partial charge in [-0.2, -0.15) is 0 Å². The number of aromatic nitrogens is 6. The molecule has 0 unspecified atom stereocenters. The van der Waals surface area contributed by atoms with E-state index in [1.165, 1.54) is 17.3 Å². The first-order valence-corrected chi connectivity index (χ1v) is 9.38. The smallest absolute Gasteiger partial charge is 0.247 e. The number of nitrogens with one attached hydrogen (secondary N) is 1. The largest absolute Gasteiger partial charge is 0.420 e. The number of hydrogen-bond donors (Lipinski definition) is 1. The van der Waals surface area contributed by atoms with Gasteiger partial charge in [-0.3, -0.25) is 0 Å². The summed E-state index contributed by atoms with van der Waals surface area (Å²) in [5, 5.41) is 18.4. The Morgan fingerprint density at radius 1 is 1.00 bits per heavy atom. The highest BCUT2D eigenvalue weighted by Crippen LogP contribution is 2.26. The lowest BCUT2D eigenvalue weighted by Crippen LogP contribution is -1.92. The van der Waals surface area contributed by atoms with Crippen molar-refractivity contribution in [3.8, 4) is 11.5 Å². The summed E-state index contributed by atoms with van der Waals surface area (Å²) in [5.74, 6) is 1.51. The van der Waals surface area contributed by atoms with Crippen LogP contribution in [0, 0.1) is 6.92 Å². The zero-order chi connectivity index (χ0) is 18.2. The van der Waals surface area contributed by atoms with Gasteiger partial charge in [0.1, 0.15) is 5.52 Å². The molecule has 0 aliphatic heterocycles. The summed E-state index contributed by atoms with van der Waals surface area (Å²) >= 11 is 1.41. The summed E-state index contributed by atoms with van der Waals surface area (Å²) in [7, 11) is 0. The van der Waals surface area contributed by atoms with Gasteiger partial charge in [0.25, 0.3) is 0 Å². The molecule has 1 N–H and O–H groups in total. The number of H-pyrrole nitrogens is 1. The maximum Gasteiger partial charge on any atom is 0.247 e. The normalized spacial score (nSPS) is 11.4. The van der Waals surface area contributed by atoms with E-state index < -0.39 is 0 Å². The summed E-state index contributed by atoms with van der Waals surface area (Å²) in [4.78, 5) is 7.86. The third-order valence-electron chi connectivity index (χ3n) is 4.16. The first kappa shape index (κ1) is 16.0. The standard InChI is InChI=1S/C19H14N6OS/c1-11-7-8-14-13(9-11)16-17(20-14)21-19(25-23-16)27-10-15-22-24-18(26-15)12-5-3-2-4-6-12/h2-9H,10H2,1H3,(H,20,21,25). The van der Waals surface area contributed by atoms with Gasteiger partial charge in [0, 0.05) is 16.5 Å². The fourth-order valence-corrected chi connectivity index (χ4v) is 3.49. The molecule has 3 heterocycles. The van der Waals surface area contributed by atoms with E-state index in [1.54, 1.807) is 0 Å². The summed E-state index contributed by atoms with van der Waals surface area (Å²) in [6.45, 7) is 2.05. The molecule has 5 rings (SSSR count). The molecule has 0 amide bonds. The van der Waals surface area contributed by atoms with Crippen LogP contribution in [0.2, 0.25) is 0 Å². The molecule has 0 spiro atoms. The number of rotatable bonds is 4. The first-order chi connectivity index (χ1) is 13.3. The molecule has 7 nitrogen and oxygen atoms in total. The fraction of sp³-hybridized carbons (Fsp3) is 0.105. The Kier molecular flexibility index (Phi) is 3.83. The molecule has 27 heavy (non-hydrogen) atoms. The molecule has 5 aromatic rings. The van der Waals surface area contributed by atoms with E-state index in [0.717, 1.165) is 27.6 Å². The minimum atomic E-state index is 0.479. The van der Waals surface area contributed by atoms with E-state index >= 15 is 0 Å². The topological polar surface area (TPSA) is 93.4 Å². The van der Waals surface area contributed by atoms with Crippen molar-refractivity contribution in [2.45, 2.75) is 17.8 Å². The van der Waals surface area contributed by atoms with Gasteiger partial charge in [-0.1, -0.05) is 41.6 Å². The minimum Gasteiger partial charge on any atom is -0.420 e. The SMILES string of the molecule is Cc1ccc2[nH]c3nc(SCc4nnc(-c5ccccc5)o4)nnc3c2c1. The lowest BCUT2D eigenvalue weighted by Gasteiger charge is -1.96. The van der Waals surface area contributed by atoms with Gasteiger partial charge in [0.05, 0.1) is 5.75 Å². The van der Waals surface area contributed by atoms with Crippen LogP contribution in [0.4, 0.5) is 0 Å². The van der Waals surface area contributed by atoms with Crippen molar-refractivity contribution in [1.82, 2.24) is 30.4 Å². The average molecular weight is 374 g/mol. The van der Waals surface area contributed by atoms with Crippen LogP contribution in [0.3, 0.4) is 0 Å². The number of aromatic amines is 1. The van der Waals surface area contributed by atoms with E-state index in [4.69, 9.17) is 4.42 Å². The van der Waals surface area contributed by atoms with Gasteiger partial charge in [0.2, 0.25) is 16.9 Å². The van der Waals surface area contributed by atoms with Gasteiger partial charge < -0.3 is 9.40 Å². The highest BCUT2D eigenvalue weighted by atomic mass is 32.2. The number of fused-ring (bicyclic) bond motifs is 3. The van der Waals surface area contributed by atoms with Crippen molar-refractivity contribution in [2.75, 3.05) is 0 Å². The highest BCUT2D eigenvalue weighted by molar-refractivity contribution is 7.98. The average Bonchev–Trinajstić information content (AvgIpc) is 3.31. The predicted octanol–water partition coefficient (Wildman–Crippen LogP) is 4.16. The molecule has 132 valence electrons. The van der Waals surface area contributed by atoms with E-state index in [-0.39, 0.29) is 0 Å². The Morgan fingerprint density at radius 3 is 2.78 bits per heavy atom. The third-order valence-corrected chi connectivity index (χ3v) is 4.99. The number of benzene rings is 2. The van der Waals surface area contributed by atoms with E-state index in [2.05, 4.69) is 49.4 Å².